The maximum atomic E-state index is 14.4. The first-order valence-electron chi connectivity index (χ1n) is 8.52. The molecule has 0 spiro atoms. The Labute approximate surface area is 166 Å². The lowest BCUT2D eigenvalue weighted by Gasteiger charge is -2.21. The van der Waals surface area contributed by atoms with E-state index in [1.807, 2.05) is 84.9 Å². The van der Waals surface area contributed by atoms with Crippen molar-refractivity contribution >= 4 is 39.8 Å². The number of nitrogens with zero attached hydrogens (tertiary/aromatic N) is 1. The van der Waals surface area contributed by atoms with Crippen molar-refractivity contribution in [2.24, 2.45) is 0 Å². The fourth-order valence-corrected chi connectivity index (χ4v) is 6.86. The molecule has 0 aliphatic carbocycles. The highest BCUT2D eigenvalue weighted by Crippen LogP contribution is 2.64. The molecule has 4 nitrogen and oxygen atoms in total. The topological polar surface area (TPSA) is 57.4 Å². The van der Waals surface area contributed by atoms with Crippen LogP contribution in [-0.2, 0) is 9.36 Å². The molecule has 1 N–H and O–H groups in total. The van der Waals surface area contributed by atoms with Gasteiger partial charge in [0.25, 0.3) is 0 Å². The molecule has 4 rings (SSSR count). The van der Waals surface area contributed by atoms with Gasteiger partial charge in [-0.25, -0.2) is 4.67 Å². The van der Waals surface area contributed by atoms with Gasteiger partial charge in [-0.15, -0.1) is 0 Å². The van der Waals surface area contributed by atoms with Crippen molar-refractivity contribution in [1.82, 2.24) is 4.67 Å². The average molecular weight is 442 g/mol. The predicted octanol–water partition coefficient (Wildman–Crippen LogP) is 4.19. The summed E-state index contributed by atoms with van der Waals surface area (Å²) in [6.07, 6.45) is 0. The third kappa shape index (κ3) is 3.16. The lowest BCUT2D eigenvalue weighted by molar-refractivity contribution is -0.137. The van der Waals surface area contributed by atoms with Crippen molar-refractivity contribution in [3.63, 3.8) is 0 Å². The van der Waals surface area contributed by atoms with Crippen molar-refractivity contribution in [3.8, 4) is 0 Å². The summed E-state index contributed by atoms with van der Waals surface area (Å²) in [4.78, 5) is 12.0. The van der Waals surface area contributed by atoms with Crippen LogP contribution in [-0.4, -0.2) is 21.8 Å². The molecule has 6 heteroatoms. The van der Waals surface area contributed by atoms with Gasteiger partial charge in [-0.2, -0.15) is 0 Å². The van der Waals surface area contributed by atoms with Crippen molar-refractivity contribution in [2.75, 3.05) is 0 Å². The largest absolute Gasteiger partial charge is 0.480 e. The zero-order valence-electron chi connectivity index (χ0n) is 14.3. The van der Waals surface area contributed by atoms with E-state index in [0.717, 1.165) is 10.0 Å². The van der Waals surface area contributed by atoms with Gasteiger partial charge in [0.05, 0.1) is 6.04 Å². The lowest BCUT2D eigenvalue weighted by atomic mass is 10.1. The van der Waals surface area contributed by atoms with Gasteiger partial charge in [0, 0.05) is 15.1 Å². The van der Waals surface area contributed by atoms with E-state index in [9.17, 15) is 14.5 Å². The molecule has 0 saturated carbocycles. The molecule has 0 radical (unpaired) electrons. The minimum Gasteiger partial charge on any atom is -0.480 e. The summed E-state index contributed by atoms with van der Waals surface area (Å²) in [6, 6.07) is 24.6. The molecule has 3 aromatic rings. The molecule has 1 aliphatic rings. The minimum atomic E-state index is -3.29. The highest BCUT2D eigenvalue weighted by atomic mass is 79.9. The second kappa shape index (κ2) is 7.08. The normalized spacial score (nSPS) is 21.6. The third-order valence-electron chi connectivity index (χ3n) is 4.78. The molecule has 1 heterocycles. The quantitative estimate of drug-likeness (QED) is 0.476. The number of rotatable bonds is 5. The molecule has 1 fully saturated rings. The van der Waals surface area contributed by atoms with E-state index < -0.39 is 25.3 Å². The van der Waals surface area contributed by atoms with Gasteiger partial charge in [0.1, 0.15) is 6.04 Å². The molecule has 0 amide bonds. The van der Waals surface area contributed by atoms with Gasteiger partial charge in [0.15, 0.2) is 0 Å². The third-order valence-corrected chi connectivity index (χ3v) is 8.45. The van der Waals surface area contributed by atoms with Crippen LogP contribution in [0, 0.1) is 0 Å². The summed E-state index contributed by atoms with van der Waals surface area (Å²) < 4.78 is 17.0. The highest BCUT2D eigenvalue weighted by molar-refractivity contribution is 9.10. The van der Waals surface area contributed by atoms with Gasteiger partial charge < -0.3 is 5.11 Å². The smallest absolute Gasteiger partial charge is 0.323 e. The van der Waals surface area contributed by atoms with E-state index in [2.05, 4.69) is 15.9 Å². The second-order valence-electron chi connectivity index (χ2n) is 6.41. The van der Waals surface area contributed by atoms with Gasteiger partial charge in [0.2, 0.25) is 7.29 Å². The molecule has 1 aliphatic heterocycles. The summed E-state index contributed by atoms with van der Waals surface area (Å²) in [7, 11) is -3.29. The van der Waals surface area contributed by atoms with Crippen LogP contribution in [0.2, 0.25) is 0 Å². The van der Waals surface area contributed by atoms with Crippen molar-refractivity contribution in [1.29, 1.82) is 0 Å². The molecule has 0 aromatic heterocycles. The van der Waals surface area contributed by atoms with Crippen molar-refractivity contribution < 1.29 is 14.5 Å². The number of hydrogen-bond donors (Lipinski definition) is 1. The standard InChI is InChI=1S/C21H17BrNO3P/c22-16-13-11-15(12-14-16)19-20(21(24)25)23(19)27(26,17-7-3-1-4-8-17)18-9-5-2-6-10-18/h1-14,19-20H,(H,24,25)/t19-,20-,23?/m1/s1. The van der Waals surface area contributed by atoms with Crippen LogP contribution in [0.3, 0.4) is 0 Å². The Bertz CT molecular complexity index is 965. The van der Waals surface area contributed by atoms with Crippen LogP contribution < -0.4 is 10.6 Å². The Morgan fingerprint density at radius 3 is 1.78 bits per heavy atom. The van der Waals surface area contributed by atoms with Crippen LogP contribution >= 0.6 is 23.2 Å². The Morgan fingerprint density at radius 2 is 1.33 bits per heavy atom. The van der Waals surface area contributed by atoms with E-state index in [-0.39, 0.29) is 0 Å². The number of benzene rings is 3. The van der Waals surface area contributed by atoms with E-state index in [0.29, 0.717) is 10.6 Å². The molecule has 0 bridgehead atoms. The van der Waals surface area contributed by atoms with Crippen LogP contribution in [0.15, 0.2) is 89.4 Å². The number of carboxylic acid groups (broad SMARTS) is 1. The zero-order chi connectivity index (χ0) is 19.0. The Morgan fingerprint density at radius 1 is 0.852 bits per heavy atom. The van der Waals surface area contributed by atoms with Crippen LogP contribution in [0.5, 0.6) is 0 Å². The monoisotopic (exact) mass is 441 g/mol. The minimum absolute atomic E-state index is 0.429. The van der Waals surface area contributed by atoms with Crippen LogP contribution in [0.1, 0.15) is 11.6 Å². The van der Waals surface area contributed by atoms with E-state index in [1.165, 1.54) is 0 Å². The number of halogens is 1. The van der Waals surface area contributed by atoms with Crippen LogP contribution in [0.25, 0.3) is 0 Å². The SMILES string of the molecule is O=C(O)[C@H]1[C@@H](c2ccc(Br)cc2)N1P(=O)(c1ccccc1)c1ccccc1. The molecule has 3 atom stereocenters. The van der Waals surface area contributed by atoms with E-state index in [4.69, 9.17) is 0 Å². The van der Waals surface area contributed by atoms with Crippen molar-refractivity contribution in [3.05, 3.63) is 95.0 Å². The van der Waals surface area contributed by atoms with Crippen LogP contribution in [0.4, 0.5) is 0 Å². The lowest BCUT2D eigenvalue weighted by Crippen LogP contribution is -2.24. The molecule has 136 valence electrons. The maximum Gasteiger partial charge on any atom is 0.323 e. The molecule has 1 saturated heterocycles. The maximum absolute atomic E-state index is 14.4. The first-order valence-corrected chi connectivity index (χ1v) is 11.0. The fourth-order valence-electron chi connectivity index (χ4n) is 3.49. The van der Waals surface area contributed by atoms with Gasteiger partial charge in [-0.05, 0) is 42.0 Å². The summed E-state index contributed by atoms with van der Waals surface area (Å²) in [5.41, 5.74) is 0.845. The number of carboxylic acids is 1. The molecular formula is C21H17BrNO3P. The first-order chi connectivity index (χ1) is 13.0. The molecule has 27 heavy (non-hydrogen) atoms. The summed E-state index contributed by atoms with van der Waals surface area (Å²) >= 11 is 3.40. The fraction of sp³-hybridized carbons (Fsp3) is 0.0952. The zero-order valence-corrected chi connectivity index (χ0v) is 16.8. The predicted molar refractivity (Wildman–Crippen MR) is 110 cm³/mol. The average Bonchev–Trinajstić information content (AvgIpc) is 3.46. The van der Waals surface area contributed by atoms with Gasteiger partial charge >= 0.3 is 5.97 Å². The van der Waals surface area contributed by atoms with E-state index in [1.54, 1.807) is 4.67 Å². The number of hydrogen-bond acceptors (Lipinski definition) is 2. The summed E-state index contributed by atoms with van der Waals surface area (Å²) in [5, 5.41) is 11.1. The summed E-state index contributed by atoms with van der Waals surface area (Å²) in [6.45, 7) is 0. The summed E-state index contributed by atoms with van der Waals surface area (Å²) in [5.74, 6) is -0.963. The van der Waals surface area contributed by atoms with Gasteiger partial charge in [-0.3, -0.25) is 9.36 Å². The molecule has 3 aromatic carbocycles. The molecular weight excluding hydrogens is 425 g/mol. The Balaban J connectivity index is 1.86. The Kier molecular flexibility index (Phi) is 4.77. The molecule has 1 unspecified atom stereocenters. The first kappa shape index (κ1) is 18.2. The van der Waals surface area contributed by atoms with Gasteiger partial charge in [-0.1, -0.05) is 64.5 Å². The van der Waals surface area contributed by atoms with Crippen molar-refractivity contribution in [2.45, 2.75) is 12.1 Å². The highest BCUT2D eigenvalue weighted by Gasteiger charge is 2.62. The number of aliphatic carboxylic acids is 1. The Hall–Kier alpha value is -2.20. The number of carbonyl (C=O) groups is 1. The second-order valence-corrected chi connectivity index (χ2v) is 9.97. The van der Waals surface area contributed by atoms with E-state index >= 15 is 0 Å².